The Morgan fingerprint density at radius 2 is 1.91 bits per heavy atom. The summed E-state index contributed by atoms with van der Waals surface area (Å²) in [6, 6.07) is 4.13. The van der Waals surface area contributed by atoms with Crippen LogP contribution >= 0.6 is 0 Å². The van der Waals surface area contributed by atoms with Gasteiger partial charge in [-0.25, -0.2) is 0 Å². The van der Waals surface area contributed by atoms with Crippen LogP contribution in [0.4, 0.5) is 0 Å². The van der Waals surface area contributed by atoms with Crippen molar-refractivity contribution in [2.45, 2.75) is 45.8 Å². The average Bonchev–Trinajstić information content (AvgIpc) is 3.08. The molecular formula is C18H23NO4. The molecule has 1 aromatic rings. The average molecular weight is 317 g/mol. The first-order valence-corrected chi connectivity index (χ1v) is 8.01. The maximum Gasteiger partial charge on any atom is 0.324 e. The molecule has 124 valence electrons. The number of nitrogens with two attached hydrogens (primary N) is 1. The highest BCUT2D eigenvalue weighted by molar-refractivity contribution is 5.85. The number of hydrogen-bond acceptors (Lipinski definition) is 4. The molecule has 0 heterocycles. The van der Waals surface area contributed by atoms with Gasteiger partial charge in [0.1, 0.15) is 12.1 Å². The fourth-order valence-electron chi connectivity index (χ4n) is 4.26. The van der Waals surface area contributed by atoms with Gasteiger partial charge in [-0.15, -0.1) is 0 Å². The molecule has 0 spiro atoms. The fraction of sp³-hybridized carbons (Fsp3) is 0.556. The number of carbonyl (C=O) groups excluding carboxylic acids is 1. The Balaban J connectivity index is 1.66. The molecule has 4 atom stereocenters. The minimum Gasteiger partial charge on any atom is -0.480 e. The number of ether oxygens (including phenoxy) is 1. The molecule has 0 aliphatic heterocycles. The second-order valence-electron chi connectivity index (χ2n) is 7.08. The third-order valence-electron chi connectivity index (χ3n) is 5.52. The summed E-state index contributed by atoms with van der Waals surface area (Å²) >= 11 is 0. The lowest BCUT2D eigenvalue weighted by Crippen LogP contribution is -2.49. The Morgan fingerprint density at radius 1 is 1.30 bits per heavy atom. The molecule has 0 bridgehead atoms. The number of aryl methyl sites for hydroxylation is 3. The SMILES string of the molecule is Cc1cc(C)c(COC(=O)C2C3CCC(N)(C(=O)O)C32)c(C)c1. The zero-order valence-electron chi connectivity index (χ0n) is 13.8. The van der Waals surface area contributed by atoms with Gasteiger partial charge in [0.15, 0.2) is 0 Å². The van der Waals surface area contributed by atoms with E-state index in [1.165, 1.54) is 5.56 Å². The standard InChI is InChI=1S/C18H23NO4/c1-9-6-10(2)13(11(3)7-9)8-23-16(20)14-12-4-5-18(19,15(12)14)17(21)22/h6-7,12,14-15H,4-5,8,19H2,1-3H3,(H,21,22). The van der Waals surface area contributed by atoms with E-state index in [0.29, 0.717) is 12.8 Å². The first-order valence-electron chi connectivity index (χ1n) is 8.01. The second kappa shape index (κ2) is 5.34. The summed E-state index contributed by atoms with van der Waals surface area (Å²) in [4.78, 5) is 23.7. The lowest BCUT2D eigenvalue weighted by Gasteiger charge is -2.21. The van der Waals surface area contributed by atoms with Crippen LogP contribution in [0.1, 0.15) is 35.1 Å². The number of carboxylic acid groups (broad SMARTS) is 1. The van der Waals surface area contributed by atoms with Gasteiger partial charge in [-0.2, -0.15) is 0 Å². The molecule has 1 aromatic carbocycles. The van der Waals surface area contributed by atoms with Gasteiger partial charge in [0.05, 0.1) is 5.92 Å². The largest absolute Gasteiger partial charge is 0.480 e. The molecular weight excluding hydrogens is 294 g/mol. The molecule has 0 saturated heterocycles. The molecule has 2 aliphatic carbocycles. The van der Waals surface area contributed by atoms with E-state index >= 15 is 0 Å². The Morgan fingerprint density at radius 3 is 2.48 bits per heavy atom. The van der Waals surface area contributed by atoms with E-state index in [1.54, 1.807) is 0 Å². The number of hydrogen-bond donors (Lipinski definition) is 2. The molecule has 0 radical (unpaired) electrons. The van der Waals surface area contributed by atoms with Crippen LogP contribution < -0.4 is 5.73 Å². The number of aliphatic carboxylic acids is 1. The van der Waals surface area contributed by atoms with E-state index < -0.39 is 11.5 Å². The Hall–Kier alpha value is -1.88. The molecule has 5 heteroatoms. The van der Waals surface area contributed by atoms with Crippen LogP contribution in [0.5, 0.6) is 0 Å². The number of benzene rings is 1. The van der Waals surface area contributed by atoms with Crippen molar-refractivity contribution in [1.82, 2.24) is 0 Å². The maximum absolute atomic E-state index is 12.3. The van der Waals surface area contributed by atoms with Gasteiger partial charge in [0, 0.05) is 5.92 Å². The van der Waals surface area contributed by atoms with Crippen LogP contribution in [-0.4, -0.2) is 22.6 Å². The summed E-state index contributed by atoms with van der Waals surface area (Å²) < 4.78 is 5.48. The van der Waals surface area contributed by atoms with Crippen molar-refractivity contribution >= 4 is 11.9 Å². The Kier molecular flexibility index (Phi) is 3.71. The van der Waals surface area contributed by atoms with E-state index in [0.717, 1.165) is 16.7 Å². The first kappa shape index (κ1) is 16.0. The molecule has 2 fully saturated rings. The zero-order chi connectivity index (χ0) is 16.9. The van der Waals surface area contributed by atoms with Gasteiger partial charge >= 0.3 is 11.9 Å². The fourth-order valence-corrected chi connectivity index (χ4v) is 4.26. The minimum absolute atomic E-state index is 0.0730. The van der Waals surface area contributed by atoms with Gasteiger partial charge in [-0.1, -0.05) is 17.7 Å². The van der Waals surface area contributed by atoms with Crippen molar-refractivity contribution < 1.29 is 19.4 Å². The Bertz CT molecular complexity index is 661. The van der Waals surface area contributed by atoms with Crippen molar-refractivity contribution in [3.8, 4) is 0 Å². The number of esters is 1. The summed E-state index contributed by atoms with van der Waals surface area (Å²) in [6.45, 7) is 6.28. The van der Waals surface area contributed by atoms with E-state index in [2.05, 4.69) is 12.1 Å². The van der Waals surface area contributed by atoms with Gasteiger partial charge < -0.3 is 15.6 Å². The van der Waals surface area contributed by atoms with Crippen LogP contribution in [0.25, 0.3) is 0 Å². The summed E-state index contributed by atoms with van der Waals surface area (Å²) in [6.07, 6.45) is 1.13. The summed E-state index contributed by atoms with van der Waals surface area (Å²) in [7, 11) is 0. The molecule has 2 saturated carbocycles. The number of rotatable bonds is 4. The van der Waals surface area contributed by atoms with Crippen molar-refractivity contribution in [3.63, 3.8) is 0 Å². The Labute approximate surface area is 135 Å². The highest BCUT2D eigenvalue weighted by Gasteiger charge is 2.70. The lowest BCUT2D eigenvalue weighted by molar-refractivity contribution is -0.149. The molecule has 3 N–H and O–H groups in total. The number of carboxylic acids is 1. The van der Waals surface area contributed by atoms with Gasteiger partial charge in [-0.3, -0.25) is 9.59 Å². The van der Waals surface area contributed by atoms with Crippen LogP contribution in [0.15, 0.2) is 12.1 Å². The third kappa shape index (κ3) is 2.53. The van der Waals surface area contributed by atoms with Crippen molar-refractivity contribution in [2.24, 2.45) is 23.5 Å². The van der Waals surface area contributed by atoms with Crippen molar-refractivity contribution in [2.75, 3.05) is 0 Å². The molecule has 2 aliphatic rings. The van der Waals surface area contributed by atoms with E-state index in [1.807, 2.05) is 20.8 Å². The van der Waals surface area contributed by atoms with Crippen LogP contribution in [0.2, 0.25) is 0 Å². The first-order chi connectivity index (χ1) is 10.8. The monoisotopic (exact) mass is 317 g/mol. The second-order valence-corrected chi connectivity index (χ2v) is 7.08. The topological polar surface area (TPSA) is 89.6 Å². The maximum atomic E-state index is 12.3. The van der Waals surface area contributed by atoms with E-state index in [-0.39, 0.29) is 30.3 Å². The zero-order valence-corrected chi connectivity index (χ0v) is 13.8. The molecule has 5 nitrogen and oxygen atoms in total. The van der Waals surface area contributed by atoms with Crippen molar-refractivity contribution in [3.05, 3.63) is 34.4 Å². The predicted molar refractivity (Wildman–Crippen MR) is 84.7 cm³/mol. The molecule has 0 amide bonds. The van der Waals surface area contributed by atoms with Gasteiger partial charge in [-0.05, 0) is 56.2 Å². The summed E-state index contributed by atoms with van der Waals surface area (Å²) in [5, 5.41) is 9.30. The predicted octanol–water partition coefficient (Wildman–Crippen LogP) is 2.09. The molecule has 3 rings (SSSR count). The quantitative estimate of drug-likeness (QED) is 0.830. The lowest BCUT2D eigenvalue weighted by atomic mass is 9.92. The highest BCUT2D eigenvalue weighted by atomic mass is 16.5. The smallest absolute Gasteiger partial charge is 0.324 e. The van der Waals surface area contributed by atoms with Crippen LogP contribution in [0.3, 0.4) is 0 Å². The molecule has 4 unspecified atom stereocenters. The molecule has 0 aromatic heterocycles. The minimum atomic E-state index is -1.26. The van der Waals surface area contributed by atoms with Gasteiger partial charge in [0.2, 0.25) is 0 Å². The van der Waals surface area contributed by atoms with Gasteiger partial charge in [0.25, 0.3) is 0 Å². The summed E-state index contributed by atoms with van der Waals surface area (Å²) in [5.41, 5.74) is 9.13. The van der Waals surface area contributed by atoms with Crippen molar-refractivity contribution in [1.29, 1.82) is 0 Å². The summed E-state index contributed by atoms with van der Waals surface area (Å²) in [5.74, 6) is -1.87. The normalized spacial score (nSPS) is 31.6. The number of fused-ring (bicyclic) bond motifs is 1. The highest BCUT2D eigenvalue weighted by Crippen LogP contribution is 2.61. The number of carbonyl (C=O) groups is 2. The van der Waals surface area contributed by atoms with E-state index in [9.17, 15) is 14.7 Å². The van der Waals surface area contributed by atoms with Crippen LogP contribution in [-0.2, 0) is 20.9 Å². The van der Waals surface area contributed by atoms with Crippen LogP contribution in [0, 0.1) is 38.5 Å². The molecule has 23 heavy (non-hydrogen) atoms. The third-order valence-corrected chi connectivity index (χ3v) is 5.52. The van der Waals surface area contributed by atoms with E-state index in [4.69, 9.17) is 10.5 Å².